The molecule has 1 aromatic carbocycles. The van der Waals surface area contributed by atoms with E-state index >= 15 is 0 Å². The summed E-state index contributed by atoms with van der Waals surface area (Å²) in [6, 6.07) is 7.68. The van der Waals surface area contributed by atoms with Crippen molar-refractivity contribution in [3.63, 3.8) is 0 Å². The van der Waals surface area contributed by atoms with Crippen LogP contribution in [0.25, 0.3) is 11.4 Å². The first-order chi connectivity index (χ1) is 9.28. The second kappa shape index (κ2) is 5.01. The number of ether oxygens (including phenoxy) is 1. The molecule has 1 aliphatic rings. The molecule has 0 bridgehead atoms. The predicted molar refractivity (Wildman–Crippen MR) is 71.1 cm³/mol. The minimum absolute atomic E-state index is 0.312. The minimum Gasteiger partial charge on any atom is -0.497 e. The van der Waals surface area contributed by atoms with Crippen LogP contribution in [0.1, 0.15) is 18.7 Å². The Kier molecular flexibility index (Phi) is 3.21. The lowest BCUT2D eigenvalue weighted by Gasteiger charge is -2.07. The molecule has 2 heterocycles. The van der Waals surface area contributed by atoms with E-state index in [-0.39, 0.29) is 0 Å². The lowest BCUT2D eigenvalue weighted by molar-refractivity contribution is 0.340. The highest BCUT2D eigenvalue weighted by Crippen LogP contribution is 2.28. The number of nitrogens with one attached hydrogen (secondary N) is 1. The number of rotatable bonds is 3. The third kappa shape index (κ3) is 2.33. The lowest BCUT2D eigenvalue weighted by Crippen LogP contribution is -2.08. The zero-order valence-electron chi connectivity index (χ0n) is 11.1. The summed E-state index contributed by atoms with van der Waals surface area (Å²) in [4.78, 5) is 4.51. The van der Waals surface area contributed by atoms with E-state index in [4.69, 9.17) is 9.26 Å². The van der Waals surface area contributed by atoms with E-state index in [1.54, 1.807) is 7.11 Å². The lowest BCUT2D eigenvalue weighted by atomic mass is 9.98. The molecule has 5 nitrogen and oxygen atoms in total. The summed E-state index contributed by atoms with van der Waals surface area (Å²) in [5.41, 5.74) is 0.910. The van der Waals surface area contributed by atoms with E-state index < -0.39 is 0 Å². The molecule has 0 amide bonds. The standard InChI is InChI=1S/C14H17N3O2/c1-9-7-15-8-12(9)14-16-13(17-19-14)10-4-3-5-11(6-10)18-2/h3-6,9,12,15H,7-8H2,1-2H3/t9-,12-/m1/s1. The topological polar surface area (TPSA) is 60.2 Å². The van der Waals surface area contributed by atoms with Crippen molar-refractivity contribution in [2.24, 2.45) is 5.92 Å². The van der Waals surface area contributed by atoms with Gasteiger partial charge in [-0.1, -0.05) is 24.2 Å². The Bertz CT molecular complexity index is 567. The van der Waals surface area contributed by atoms with E-state index in [1.165, 1.54) is 0 Å². The van der Waals surface area contributed by atoms with Gasteiger partial charge in [0, 0.05) is 12.1 Å². The van der Waals surface area contributed by atoms with Crippen molar-refractivity contribution < 1.29 is 9.26 Å². The van der Waals surface area contributed by atoms with E-state index in [9.17, 15) is 0 Å². The first kappa shape index (κ1) is 12.2. The molecule has 2 atom stereocenters. The smallest absolute Gasteiger partial charge is 0.231 e. The average Bonchev–Trinajstić information content (AvgIpc) is 3.07. The van der Waals surface area contributed by atoms with Crippen LogP contribution >= 0.6 is 0 Å². The van der Waals surface area contributed by atoms with Crippen molar-refractivity contribution in [3.05, 3.63) is 30.2 Å². The zero-order valence-corrected chi connectivity index (χ0v) is 11.1. The van der Waals surface area contributed by atoms with Gasteiger partial charge >= 0.3 is 0 Å². The van der Waals surface area contributed by atoms with Crippen LogP contribution in [0.15, 0.2) is 28.8 Å². The number of hydrogen-bond acceptors (Lipinski definition) is 5. The molecule has 0 spiro atoms. The molecule has 1 aliphatic heterocycles. The maximum Gasteiger partial charge on any atom is 0.231 e. The molecule has 0 saturated carbocycles. The molecular formula is C14H17N3O2. The van der Waals surface area contributed by atoms with Gasteiger partial charge in [0.1, 0.15) is 5.75 Å². The Labute approximate surface area is 112 Å². The molecule has 3 rings (SSSR count). The quantitative estimate of drug-likeness (QED) is 0.914. The van der Waals surface area contributed by atoms with Crippen molar-refractivity contribution in [1.29, 1.82) is 0 Å². The van der Waals surface area contributed by atoms with E-state index in [1.807, 2.05) is 24.3 Å². The monoisotopic (exact) mass is 259 g/mol. The van der Waals surface area contributed by atoms with E-state index in [0.717, 1.165) is 30.3 Å². The fraction of sp³-hybridized carbons (Fsp3) is 0.429. The van der Waals surface area contributed by atoms with Gasteiger partial charge in [-0.05, 0) is 24.6 Å². The molecule has 1 fully saturated rings. The molecule has 0 aliphatic carbocycles. The minimum atomic E-state index is 0.312. The average molecular weight is 259 g/mol. The Morgan fingerprint density at radius 3 is 3.00 bits per heavy atom. The van der Waals surface area contributed by atoms with Crippen molar-refractivity contribution in [1.82, 2.24) is 15.5 Å². The van der Waals surface area contributed by atoms with Crippen LogP contribution in [0.4, 0.5) is 0 Å². The van der Waals surface area contributed by atoms with Crippen LogP contribution in [0.2, 0.25) is 0 Å². The molecule has 1 aromatic heterocycles. The van der Waals surface area contributed by atoms with Crippen LogP contribution in [0.5, 0.6) is 5.75 Å². The van der Waals surface area contributed by atoms with Gasteiger partial charge in [0.25, 0.3) is 0 Å². The van der Waals surface area contributed by atoms with Gasteiger partial charge in [-0.15, -0.1) is 0 Å². The number of aromatic nitrogens is 2. The highest BCUT2D eigenvalue weighted by Gasteiger charge is 2.29. The first-order valence-electron chi connectivity index (χ1n) is 6.46. The SMILES string of the molecule is COc1cccc(-c2noc([C@@H]3CNC[C@H]3C)n2)c1. The summed E-state index contributed by atoms with van der Waals surface area (Å²) >= 11 is 0. The normalized spacial score (nSPS) is 22.6. The Balaban J connectivity index is 1.88. The second-order valence-electron chi connectivity index (χ2n) is 4.93. The number of benzene rings is 1. The van der Waals surface area contributed by atoms with Gasteiger partial charge in [-0.25, -0.2) is 0 Å². The summed E-state index contributed by atoms with van der Waals surface area (Å²) in [6.07, 6.45) is 0. The van der Waals surface area contributed by atoms with Crippen LogP contribution in [-0.2, 0) is 0 Å². The summed E-state index contributed by atoms with van der Waals surface area (Å²) in [5.74, 6) is 2.97. The maximum atomic E-state index is 5.40. The molecule has 0 radical (unpaired) electrons. The summed E-state index contributed by atoms with van der Waals surface area (Å²) in [6.45, 7) is 4.10. The molecule has 19 heavy (non-hydrogen) atoms. The van der Waals surface area contributed by atoms with Gasteiger partial charge in [-0.3, -0.25) is 0 Å². The Hall–Kier alpha value is -1.88. The van der Waals surface area contributed by atoms with Crippen molar-refractivity contribution >= 4 is 0 Å². The fourth-order valence-electron chi connectivity index (χ4n) is 2.41. The van der Waals surface area contributed by atoms with Crippen LogP contribution in [0, 0.1) is 5.92 Å². The third-order valence-electron chi connectivity index (χ3n) is 3.60. The largest absolute Gasteiger partial charge is 0.497 e. The molecule has 1 N–H and O–H groups in total. The summed E-state index contributed by atoms with van der Waals surface area (Å²) in [7, 11) is 1.65. The number of methoxy groups -OCH3 is 1. The molecule has 1 saturated heterocycles. The fourth-order valence-corrected chi connectivity index (χ4v) is 2.41. The highest BCUT2D eigenvalue weighted by atomic mass is 16.5. The van der Waals surface area contributed by atoms with Gasteiger partial charge in [0.15, 0.2) is 0 Å². The van der Waals surface area contributed by atoms with Gasteiger partial charge in [0.2, 0.25) is 11.7 Å². The summed E-state index contributed by atoms with van der Waals surface area (Å²) in [5, 5.41) is 7.41. The van der Waals surface area contributed by atoms with Crippen LogP contribution in [0.3, 0.4) is 0 Å². The Morgan fingerprint density at radius 2 is 2.26 bits per heavy atom. The van der Waals surface area contributed by atoms with Crippen LogP contribution < -0.4 is 10.1 Å². The van der Waals surface area contributed by atoms with E-state index in [2.05, 4.69) is 22.4 Å². The van der Waals surface area contributed by atoms with Gasteiger partial charge in [0.05, 0.1) is 13.0 Å². The zero-order chi connectivity index (χ0) is 13.2. The Morgan fingerprint density at radius 1 is 1.37 bits per heavy atom. The molecule has 5 heteroatoms. The number of nitrogens with zero attached hydrogens (tertiary/aromatic N) is 2. The van der Waals surface area contributed by atoms with Gasteiger partial charge in [-0.2, -0.15) is 4.98 Å². The van der Waals surface area contributed by atoms with Crippen LogP contribution in [-0.4, -0.2) is 30.3 Å². The van der Waals surface area contributed by atoms with Crippen molar-refractivity contribution in [2.75, 3.05) is 20.2 Å². The number of hydrogen-bond donors (Lipinski definition) is 1. The van der Waals surface area contributed by atoms with Crippen molar-refractivity contribution in [3.8, 4) is 17.1 Å². The maximum absolute atomic E-state index is 5.40. The molecule has 100 valence electrons. The van der Waals surface area contributed by atoms with Crippen molar-refractivity contribution in [2.45, 2.75) is 12.8 Å². The van der Waals surface area contributed by atoms with Gasteiger partial charge < -0.3 is 14.6 Å². The first-order valence-corrected chi connectivity index (χ1v) is 6.46. The molecular weight excluding hydrogens is 242 g/mol. The van der Waals surface area contributed by atoms with E-state index in [0.29, 0.717) is 17.7 Å². The predicted octanol–water partition coefficient (Wildman–Crippen LogP) is 2.07. The molecule has 0 unspecified atom stereocenters. The molecule has 2 aromatic rings. The third-order valence-corrected chi connectivity index (χ3v) is 3.60. The highest BCUT2D eigenvalue weighted by molar-refractivity contribution is 5.56. The summed E-state index contributed by atoms with van der Waals surface area (Å²) < 4.78 is 10.6. The second-order valence-corrected chi connectivity index (χ2v) is 4.93.